The monoisotopic (exact) mass is 486 g/mol. The summed E-state index contributed by atoms with van der Waals surface area (Å²) < 4.78 is 16.6. The highest BCUT2D eigenvalue weighted by Crippen LogP contribution is 2.27. The van der Waals surface area contributed by atoms with Gasteiger partial charge in [0.25, 0.3) is 0 Å². The first-order valence-corrected chi connectivity index (χ1v) is 13.0. The molecule has 0 unspecified atom stereocenters. The molecule has 196 valence electrons. The van der Waals surface area contributed by atoms with Crippen molar-refractivity contribution in [2.75, 3.05) is 20.3 Å². The highest BCUT2D eigenvalue weighted by Gasteiger charge is 2.22. The van der Waals surface area contributed by atoms with Crippen LogP contribution < -0.4 is 4.74 Å². The molecular formula is C30H46O5. The lowest BCUT2D eigenvalue weighted by Gasteiger charge is -2.26. The van der Waals surface area contributed by atoms with Crippen LogP contribution in [0.15, 0.2) is 54.6 Å². The average molecular weight is 487 g/mol. The minimum atomic E-state index is -0.478. The number of hydrogen-bond donors (Lipinski definition) is 2. The molecule has 0 saturated heterocycles. The van der Waals surface area contributed by atoms with Gasteiger partial charge < -0.3 is 24.4 Å². The number of hydrogen-bond acceptors (Lipinski definition) is 5. The second kappa shape index (κ2) is 15.9. The third kappa shape index (κ3) is 11.6. The van der Waals surface area contributed by atoms with Crippen molar-refractivity contribution < 1.29 is 24.4 Å². The van der Waals surface area contributed by atoms with Crippen molar-refractivity contribution in [3.05, 3.63) is 65.7 Å². The Hall–Kier alpha value is -1.92. The van der Waals surface area contributed by atoms with Gasteiger partial charge >= 0.3 is 0 Å². The number of ether oxygens (including phenoxy) is 3. The van der Waals surface area contributed by atoms with Gasteiger partial charge in [-0.1, -0.05) is 70.2 Å². The molecule has 0 aliphatic carbocycles. The van der Waals surface area contributed by atoms with Gasteiger partial charge in [0.15, 0.2) is 0 Å². The summed E-state index contributed by atoms with van der Waals surface area (Å²) in [6.45, 7) is 10.4. The van der Waals surface area contributed by atoms with Gasteiger partial charge in [-0.2, -0.15) is 0 Å². The van der Waals surface area contributed by atoms with Crippen molar-refractivity contribution in [3.63, 3.8) is 0 Å². The molecule has 2 N–H and O–H groups in total. The Morgan fingerprint density at radius 3 is 1.54 bits per heavy atom. The Morgan fingerprint density at radius 1 is 0.629 bits per heavy atom. The van der Waals surface area contributed by atoms with E-state index >= 15 is 0 Å². The van der Waals surface area contributed by atoms with Crippen molar-refractivity contribution >= 4 is 0 Å². The number of aliphatic hydroxyl groups is 2. The number of methoxy groups -OCH3 is 1. The quantitative estimate of drug-likeness (QED) is 0.293. The number of benzene rings is 2. The minimum absolute atomic E-state index is 0.169. The summed E-state index contributed by atoms with van der Waals surface area (Å²) in [6, 6.07) is 17.8. The first-order valence-electron chi connectivity index (χ1n) is 13.0. The molecule has 0 saturated carbocycles. The largest absolute Gasteiger partial charge is 0.497 e. The lowest BCUT2D eigenvalue weighted by atomic mass is 9.83. The maximum Gasteiger partial charge on any atom is 0.118 e. The third-order valence-corrected chi connectivity index (χ3v) is 6.78. The summed E-state index contributed by atoms with van der Waals surface area (Å²) in [5, 5.41) is 21.1. The normalized spacial score (nSPS) is 16.8. The van der Waals surface area contributed by atoms with Gasteiger partial charge in [0.05, 0.1) is 45.7 Å². The Kier molecular flexibility index (Phi) is 13.4. The molecule has 0 heterocycles. The molecule has 5 nitrogen and oxygen atoms in total. The predicted molar refractivity (Wildman–Crippen MR) is 141 cm³/mol. The molecular weight excluding hydrogens is 440 g/mol. The number of aliphatic hydroxyl groups excluding tert-OH is 2. The molecule has 0 aromatic heterocycles. The second-order valence-electron chi connectivity index (χ2n) is 10.4. The molecule has 5 heteroatoms. The zero-order valence-corrected chi connectivity index (χ0v) is 22.2. The predicted octanol–water partition coefficient (Wildman–Crippen LogP) is 5.87. The molecule has 35 heavy (non-hydrogen) atoms. The maximum absolute atomic E-state index is 10.6. The van der Waals surface area contributed by atoms with Crippen LogP contribution in [0, 0.1) is 23.7 Å². The standard InChI is InChI=1S/C30H46O5/c1-22(16-24(3)29(31)20-34-18-26-9-7-6-8-10-26)15-23(2)17-25(4)30(32)21-35-19-27-11-13-28(33-5)14-12-27/h6-14,22-25,29-32H,15-21H2,1-5H3/t22-,23+,24+,25+,29+,30+/m1/s1. The molecule has 0 bridgehead atoms. The summed E-state index contributed by atoms with van der Waals surface area (Å²) in [5.41, 5.74) is 2.19. The van der Waals surface area contributed by atoms with E-state index < -0.39 is 12.2 Å². The molecule has 0 aliphatic heterocycles. The van der Waals surface area contributed by atoms with Crippen molar-refractivity contribution in [1.29, 1.82) is 0 Å². The summed E-state index contributed by atoms with van der Waals surface area (Å²) in [6.07, 6.45) is 2.05. The van der Waals surface area contributed by atoms with E-state index in [1.165, 1.54) is 0 Å². The fourth-order valence-electron chi connectivity index (χ4n) is 4.68. The fourth-order valence-corrected chi connectivity index (χ4v) is 4.68. The average Bonchev–Trinajstić information content (AvgIpc) is 2.84. The minimum Gasteiger partial charge on any atom is -0.497 e. The van der Waals surface area contributed by atoms with Gasteiger partial charge in [-0.05, 0) is 66.2 Å². The van der Waals surface area contributed by atoms with Crippen molar-refractivity contribution in [1.82, 2.24) is 0 Å². The van der Waals surface area contributed by atoms with Crippen molar-refractivity contribution in [2.24, 2.45) is 23.7 Å². The Morgan fingerprint density at radius 2 is 1.09 bits per heavy atom. The summed E-state index contributed by atoms with van der Waals surface area (Å²) >= 11 is 0. The Labute approximate surface area is 212 Å². The van der Waals surface area contributed by atoms with Crippen LogP contribution in [-0.2, 0) is 22.7 Å². The zero-order chi connectivity index (χ0) is 25.6. The van der Waals surface area contributed by atoms with Crippen LogP contribution in [0.2, 0.25) is 0 Å². The van der Waals surface area contributed by atoms with Crippen LogP contribution in [0.1, 0.15) is 58.1 Å². The van der Waals surface area contributed by atoms with E-state index in [4.69, 9.17) is 14.2 Å². The topological polar surface area (TPSA) is 68.2 Å². The van der Waals surface area contributed by atoms with Gasteiger partial charge in [-0.15, -0.1) is 0 Å². The molecule has 0 aliphatic rings. The van der Waals surface area contributed by atoms with Crippen LogP contribution >= 0.6 is 0 Å². The lowest BCUT2D eigenvalue weighted by Crippen LogP contribution is -2.27. The van der Waals surface area contributed by atoms with E-state index in [1.54, 1.807) is 7.11 Å². The fraction of sp³-hybridized carbons (Fsp3) is 0.600. The molecule has 2 aromatic rings. The van der Waals surface area contributed by atoms with E-state index in [9.17, 15) is 10.2 Å². The Balaban J connectivity index is 1.61. The van der Waals surface area contributed by atoms with Gasteiger partial charge in [0, 0.05) is 0 Å². The van der Waals surface area contributed by atoms with Gasteiger partial charge in [0.1, 0.15) is 5.75 Å². The van der Waals surface area contributed by atoms with Crippen LogP contribution in [-0.4, -0.2) is 42.7 Å². The van der Waals surface area contributed by atoms with Crippen LogP contribution in [0.5, 0.6) is 5.75 Å². The molecule has 2 rings (SSSR count). The molecule has 0 spiro atoms. The van der Waals surface area contributed by atoms with Gasteiger partial charge in [-0.25, -0.2) is 0 Å². The Bertz CT molecular complexity index is 794. The molecule has 0 fully saturated rings. The van der Waals surface area contributed by atoms with E-state index in [1.807, 2.05) is 54.6 Å². The molecule has 0 amide bonds. The summed E-state index contributed by atoms with van der Waals surface area (Å²) in [4.78, 5) is 0. The molecule has 0 radical (unpaired) electrons. The SMILES string of the molecule is COc1ccc(COC[C@H](O)[C@@H](C)C[C@@H](C)C[C@@H](C)C[C@H](C)[C@@H](O)COCc2ccccc2)cc1. The summed E-state index contributed by atoms with van der Waals surface area (Å²) in [7, 11) is 1.65. The van der Waals surface area contributed by atoms with Crippen molar-refractivity contribution in [3.8, 4) is 5.75 Å². The van der Waals surface area contributed by atoms with Gasteiger partial charge in [-0.3, -0.25) is 0 Å². The maximum atomic E-state index is 10.6. The van der Waals surface area contributed by atoms with Crippen LogP contribution in [0.25, 0.3) is 0 Å². The third-order valence-electron chi connectivity index (χ3n) is 6.78. The van der Waals surface area contributed by atoms with E-state index in [0.29, 0.717) is 38.3 Å². The van der Waals surface area contributed by atoms with Crippen LogP contribution in [0.3, 0.4) is 0 Å². The molecule has 6 atom stereocenters. The lowest BCUT2D eigenvalue weighted by molar-refractivity contribution is -0.00663. The van der Waals surface area contributed by atoms with E-state index in [2.05, 4.69) is 27.7 Å². The zero-order valence-electron chi connectivity index (χ0n) is 22.2. The van der Waals surface area contributed by atoms with Crippen LogP contribution in [0.4, 0.5) is 0 Å². The van der Waals surface area contributed by atoms with E-state index in [0.717, 1.165) is 36.1 Å². The molecule has 2 aromatic carbocycles. The summed E-state index contributed by atoms with van der Waals surface area (Å²) in [5.74, 6) is 2.17. The highest BCUT2D eigenvalue weighted by atomic mass is 16.5. The van der Waals surface area contributed by atoms with Crippen molar-refractivity contribution in [2.45, 2.75) is 72.4 Å². The highest BCUT2D eigenvalue weighted by molar-refractivity contribution is 5.26. The van der Waals surface area contributed by atoms with Gasteiger partial charge in [0.2, 0.25) is 0 Å². The first-order chi connectivity index (χ1) is 16.8. The number of rotatable bonds is 17. The van der Waals surface area contributed by atoms with E-state index in [-0.39, 0.29) is 11.8 Å². The second-order valence-corrected chi connectivity index (χ2v) is 10.4. The smallest absolute Gasteiger partial charge is 0.118 e. The first kappa shape index (κ1) is 29.3.